The Labute approximate surface area is 59.8 Å². The summed E-state index contributed by atoms with van der Waals surface area (Å²) in [6.45, 7) is 2.08. The highest BCUT2D eigenvalue weighted by Gasteiger charge is 2.35. The molecule has 0 N–H and O–H groups in total. The number of carbonyl (C=O) groups excluding carboxylic acids is 1. The molecular weight excluding hydrogens is 138 g/mol. The molecule has 0 bridgehead atoms. The van der Waals surface area contributed by atoms with E-state index in [0.717, 1.165) is 6.42 Å². The van der Waals surface area contributed by atoms with Gasteiger partial charge in [-0.2, -0.15) is 0 Å². The summed E-state index contributed by atoms with van der Waals surface area (Å²) >= 11 is 5.26. The molecule has 0 aromatic heterocycles. The molecule has 3 heteroatoms. The lowest BCUT2D eigenvalue weighted by molar-refractivity contribution is -0.122. The van der Waals surface area contributed by atoms with Gasteiger partial charge < -0.3 is 0 Å². The lowest BCUT2D eigenvalue weighted by Crippen LogP contribution is -2.54. The molecule has 0 radical (unpaired) electrons. The van der Waals surface area contributed by atoms with Crippen molar-refractivity contribution in [1.82, 2.24) is 4.90 Å². The first kappa shape index (κ1) is 7.03. The first-order chi connectivity index (χ1) is 4.13. The first-order valence-corrected chi connectivity index (χ1v) is 3.42. The van der Waals surface area contributed by atoms with Gasteiger partial charge >= 0.3 is 0 Å². The van der Waals surface area contributed by atoms with E-state index in [1.807, 2.05) is 11.9 Å². The standard InChI is InChI=1S/C6H10ClNO/c1-4-3-5(6(7)9)8(4)2/h4-5H,3H2,1-2H3/t4-,5+/m1/s1. The van der Waals surface area contributed by atoms with Crippen LogP contribution in [0.3, 0.4) is 0 Å². The highest BCUT2D eigenvalue weighted by molar-refractivity contribution is 6.64. The van der Waals surface area contributed by atoms with E-state index in [1.54, 1.807) is 0 Å². The molecule has 1 heterocycles. The molecule has 2 atom stereocenters. The van der Waals surface area contributed by atoms with Crippen LogP contribution >= 0.6 is 11.6 Å². The molecule has 9 heavy (non-hydrogen) atoms. The van der Waals surface area contributed by atoms with Crippen molar-refractivity contribution in [2.75, 3.05) is 7.05 Å². The second-order valence-corrected chi connectivity index (χ2v) is 2.94. The van der Waals surface area contributed by atoms with Gasteiger partial charge in [0, 0.05) is 6.04 Å². The van der Waals surface area contributed by atoms with Gasteiger partial charge in [-0.25, -0.2) is 0 Å². The van der Waals surface area contributed by atoms with Crippen molar-refractivity contribution in [3.8, 4) is 0 Å². The topological polar surface area (TPSA) is 20.3 Å². The quantitative estimate of drug-likeness (QED) is 0.513. The smallest absolute Gasteiger partial charge is 0.238 e. The Balaban J connectivity index is 2.42. The number of likely N-dealkylation sites (N-methyl/N-ethyl adjacent to an activating group) is 1. The highest BCUT2D eigenvalue weighted by atomic mass is 35.5. The summed E-state index contributed by atoms with van der Waals surface area (Å²) in [7, 11) is 1.92. The van der Waals surface area contributed by atoms with Crippen molar-refractivity contribution >= 4 is 16.8 Å². The van der Waals surface area contributed by atoms with E-state index in [4.69, 9.17) is 11.6 Å². The summed E-state index contributed by atoms with van der Waals surface area (Å²) in [5.74, 6) is 0. The molecule has 0 aliphatic carbocycles. The maximum atomic E-state index is 10.5. The predicted molar refractivity (Wildman–Crippen MR) is 36.5 cm³/mol. The van der Waals surface area contributed by atoms with Crippen LogP contribution in [0.1, 0.15) is 13.3 Å². The van der Waals surface area contributed by atoms with Crippen LogP contribution in [0, 0.1) is 0 Å². The molecule has 1 saturated heterocycles. The van der Waals surface area contributed by atoms with Crippen LogP contribution in [-0.4, -0.2) is 29.3 Å². The van der Waals surface area contributed by atoms with E-state index in [2.05, 4.69) is 6.92 Å². The highest BCUT2D eigenvalue weighted by Crippen LogP contribution is 2.24. The Morgan fingerprint density at radius 1 is 1.78 bits per heavy atom. The van der Waals surface area contributed by atoms with Crippen LogP contribution < -0.4 is 0 Å². The maximum absolute atomic E-state index is 10.5. The first-order valence-electron chi connectivity index (χ1n) is 3.04. The van der Waals surface area contributed by atoms with Gasteiger partial charge in [-0.1, -0.05) is 0 Å². The summed E-state index contributed by atoms with van der Waals surface area (Å²) in [5, 5.41) is -0.226. The van der Waals surface area contributed by atoms with E-state index < -0.39 is 0 Å². The van der Waals surface area contributed by atoms with E-state index in [0.29, 0.717) is 6.04 Å². The Morgan fingerprint density at radius 3 is 2.44 bits per heavy atom. The Morgan fingerprint density at radius 2 is 2.33 bits per heavy atom. The van der Waals surface area contributed by atoms with Gasteiger partial charge in [0.15, 0.2) is 0 Å². The molecule has 0 unspecified atom stereocenters. The molecule has 1 rings (SSSR count). The molecule has 52 valence electrons. The summed E-state index contributed by atoms with van der Waals surface area (Å²) in [6.07, 6.45) is 0.916. The summed E-state index contributed by atoms with van der Waals surface area (Å²) < 4.78 is 0. The minimum absolute atomic E-state index is 0.0123. The third kappa shape index (κ3) is 1.10. The fourth-order valence-corrected chi connectivity index (χ4v) is 1.32. The van der Waals surface area contributed by atoms with Crippen molar-refractivity contribution < 1.29 is 4.79 Å². The predicted octanol–water partition coefficient (Wildman–Crippen LogP) is 0.844. The molecule has 0 aromatic carbocycles. The number of nitrogens with zero attached hydrogens (tertiary/aromatic N) is 1. The van der Waals surface area contributed by atoms with Crippen molar-refractivity contribution in [2.24, 2.45) is 0 Å². The lowest BCUT2D eigenvalue weighted by atomic mass is 9.97. The lowest BCUT2D eigenvalue weighted by Gasteiger charge is -2.42. The zero-order valence-corrected chi connectivity index (χ0v) is 6.35. The monoisotopic (exact) mass is 147 g/mol. The van der Waals surface area contributed by atoms with Gasteiger partial charge in [-0.15, -0.1) is 0 Å². The summed E-state index contributed by atoms with van der Waals surface area (Å²) in [4.78, 5) is 12.5. The number of hydrogen-bond acceptors (Lipinski definition) is 2. The van der Waals surface area contributed by atoms with E-state index in [1.165, 1.54) is 0 Å². The van der Waals surface area contributed by atoms with Crippen LogP contribution in [-0.2, 0) is 4.79 Å². The van der Waals surface area contributed by atoms with E-state index >= 15 is 0 Å². The fraction of sp³-hybridized carbons (Fsp3) is 0.833. The van der Waals surface area contributed by atoms with Gasteiger partial charge in [-0.3, -0.25) is 9.69 Å². The zero-order valence-electron chi connectivity index (χ0n) is 5.60. The molecule has 1 aliphatic heterocycles. The van der Waals surface area contributed by atoms with Gasteiger partial charge in [0.2, 0.25) is 5.24 Å². The average Bonchev–Trinajstić information content (AvgIpc) is 1.81. The fourth-order valence-electron chi connectivity index (χ4n) is 1.08. The van der Waals surface area contributed by atoms with Crippen molar-refractivity contribution in [3.63, 3.8) is 0 Å². The Bertz CT molecular complexity index is 137. The minimum Gasteiger partial charge on any atom is -0.293 e. The number of rotatable bonds is 1. The van der Waals surface area contributed by atoms with E-state index in [9.17, 15) is 4.79 Å². The second-order valence-electron chi connectivity index (χ2n) is 2.57. The van der Waals surface area contributed by atoms with Crippen molar-refractivity contribution in [3.05, 3.63) is 0 Å². The summed E-state index contributed by atoms with van der Waals surface area (Å²) in [5.41, 5.74) is 0. The van der Waals surface area contributed by atoms with Gasteiger partial charge in [-0.05, 0) is 32.0 Å². The third-order valence-electron chi connectivity index (χ3n) is 2.01. The largest absolute Gasteiger partial charge is 0.293 e. The maximum Gasteiger partial charge on any atom is 0.238 e. The van der Waals surface area contributed by atoms with E-state index in [-0.39, 0.29) is 11.3 Å². The third-order valence-corrected chi connectivity index (χ3v) is 2.27. The van der Waals surface area contributed by atoms with Crippen molar-refractivity contribution in [2.45, 2.75) is 25.4 Å². The molecule has 2 nitrogen and oxygen atoms in total. The average molecular weight is 148 g/mol. The minimum atomic E-state index is -0.226. The molecule has 0 aromatic rings. The van der Waals surface area contributed by atoms with Crippen LogP contribution in [0.25, 0.3) is 0 Å². The van der Waals surface area contributed by atoms with Crippen LogP contribution in [0.2, 0.25) is 0 Å². The normalized spacial score (nSPS) is 35.9. The molecule has 1 aliphatic rings. The second kappa shape index (κ2) is 2.27. The Kier molecular flexibility index (Phi) is 1.78. The Hall–Kier alpha value is -0.0800. The van der Waals surface area contributed by atoms with Crippen LogP contribution in [0.15, 0.2) is 0 Å². The van der Waals surface area contributed by atoms with Gasteiger partial charge in [0.25, 0.3) is 0 Å². The molecule has 0 amide bonds. The molecule has 0 saturated carbocycles. The van der Waals surface area contributed by atoms with Crippen molar-refractivity contribution in [1.29, 1.82) is 0 Å². The zero-order chi connectivity index (χ0) is 7.02. The number of carbonyl (C=O) groups is 1. The molecular formula is C6H10ClNO. The number of halogens is 1. The van der Waals surface area contributed by atoms with Crippen LogP contribution in [0.4, 0.5) is 0 Å². The molecule has 0 spiro atoms. The number of hydrogen-bond donors (Lipinski definition) is 0. The van der Waals surface area contributed by atoms with Gasteiger partial charge in [0.05, 0.1) is 6.04 Å². The molecule has 1 fully saturated rings. The summed E-state index contributed by atoms with van der Waals surface area (Å²) in [6, 6.07) is 0.513. The number of likely N-dealkylation sites (tertiary alicyclic amines) is 1. The van der Waals surface area contributed by atoms with Gasteiger partial charge in [0.1, 0.15) is 0 Å². The SMILES string of the molecule is C[C@@H]1C[C@@H](C(=O)Cl)N1C. The van der Waals surface area contributed by atoms with Crippen LogP contribution in [0.5, 0.6) is 0 Å².